The minimum absolute atomic E-state index is 0. The van der Waals surface area contributed by atoms with E-state index in [-0.39, 0.29) is 35.9 Å². The number of carboxylic acid groups (broad SMARTS) is 2. The molecule has 0 amide bonds. The molecule has 0 unspecified atom stereocenters. The molecule has 0 radical (unpaired) electrons. The van der Waals surface area contributed by atoms with Gasteiger partial charge in [0.15, 0.2) is 0 Å². The maximum atomic E-state index is 11.2. The van der Waals surface area contributed by atoms with Crippen LogP contribution in [0.2, 0.25) is 0 Å². The first kappa shape index (κ1) is 22.1. The van der Waals surface area contributed by atoms with Gasteiger partial charge in [0, 0.05) is 30.7 Å². The van der Waals surface area contributed by atoms with Crippen molar-refractivity contribution in [2.45, 2.75) is 6.42 Å². The number of halogens is 2. The van der Waals surface area contributed by atoms with E-state index in [2.05, 4.69) is 9.97 Å². The number of nitrogens with zero attached hydrogens (tertiary/aromatic N) is 2. The highest BCUT2D eigenvalue weighted by atomic mass is 35.5. The summed E-state index contributed by atoms with van der Waals surface area (Å²) in [6.45, 7) is 0. The van der Waals surface area contributed by atoms with Gasteiger partial charge in [-0.25, -0.2) is 9.59 Å². The zero-order chi connectivity index (χ0) is 17.8. The summed E-state index contributed by atoms with van der Waals surface area (Å²) in [5.74, 6) is -2.33. The molecule has 0 saturated carbocycles. The van der Waals surface area contributed by atoms with Crippen molar-refractivity contribution >= 4 is 36.8 Å². The van der Waals surface area contributed by atoms with Gasteiger partial charge in [0.2, 0.25) is 0 Å². The van der Waals surface area contributed by atoms with E-state index in [1.165, 1.54) is 12.1 Å². The number of aromatic nitrogens is 2. The Balaban J connectivity index is 0.00000182. The van der Waals surface area contributed by atoms with Gasteiger partial charge in [0.1, 0.15) is 0 Å². The molecule has 8 heteroatoms. The van der Waals surface area contributed by atoms with E-state index in [1.807, 2.05) is 24.3 Å². The van der Waals surface area contributed by atoms with Gasteiger partial charge in [-0.05, 0) is 59.2 Å². The first-order valence-electron chi connectivity index (χ1n) is 7.49. The van der Waals surface area contributed by atoms with E-state index in [0.29, 0.717) is 17.7 Å². The Hall–Kier alpha value is -2.96. The van der Waals surface area contributed by atoms with Crippen LogP contribution in [-0.4, -0.2) is 32.1 Å². The van der Waals surface area contributed by atoms with Gasteiger partial charge in [-0.3, -0.25) is 9.97 Å². The summed E-state index contributed by atoms with van der Waals surface area (Å²) in [5, 5.41) is 18.3. The molecule has 6 nitrogen and oxygen atoms in total. The molecule has 3 aromatic rings. The predicted molar refractivity (Wildman–Crippen MR) is 105 cm³/mol. The molecule has 2 N–H and O–H groups in total. The Morgan fingerprint density at radius 2 is 1.33 bits per heavy atom. The highest BCUT2D eigenvalue weighted by molar-refractivity contribution is 5.94. The van der Waals surface area contributed by atoms with Crippen molar-refractivity contribution in [2.75, 3.05) is 0 Å². The van der Waals surface area contributed by atoms with Crippen molar-refractivity contribution in [1.29, 1.82) is 0 Å². The lowest BCUT2D eigenvalue weighted by molar-refractivity contribution is 0.0696. The molecule has 0 aliphatic rings. The van der Waals surface area contributed by atoms with E-state index in [1.54, 1.807) is 18.6 Å². The molecule has 0 aliphatic heterocycles. The predicted octanol–water partition coefficient (Wildman–Crippen LogP) is 3.97. The van der Waals surface area contributed by atoms with Crippen LogP contribution in [0.1, 0.15) is 32.0 Å². The Bertz CT molecular complexity index is 917. The van der Waals surface area contributed by atoms with Gasteiger partial charge in [-0.1, -0.05) is 0 Å². The van der Waals surface area contributed by atoms with E-state index >= 15 is 0 Å². The van der Waals surface area contributed by atoms with E-state index < -0.39 is 11.9 Å². The number of benzene rings is 1. The van der Waals surface area contributed by atoms with Crippen LogP contribution in [0.15, 0.2) is 61.1 Å². The molecule has 0 aliphatic carbocycles. The highest BCUT2D eigenvalue weighted by Crippen LogP contribution is 2.20. The fourth-order valence-electron chi connectivity index (χ4n) is 2.55. The quantitative estimate of drug-likeness (QED) is 0.664. The van der Waals surface area contributed by atoms with Gasteiger partial charge in [0.25, 0.3) is 0 Å². The molecule has 3 rings (SSSR count). The lowest BCUT2D eigenvalue weighted by Gasteiger charge is -2.07. The largest absolute Gasteiger partial charge is 0.478 e. The van der Waals surface area contributed by atoms with Gasteiger partial charge < -0.3 is 10.2 Å². The van der Waals surface area contributed by atoms with E-state index in [0.717, 1.165) is 17.2 Å². The molecular weight excluding hydrogens is 391 g/mol. The van der Waals surface area contributed by atoms with Gasteiger partial charge in [-0.2, -0.15) is 0 Å². The number of rotatable bonds is 5. The lowest BCUT2D eigenvalue weighted by atomic mass is 10.0. The van der Waals surface area contributed by atoms with Crippen molar-refractivity contribution in [3.8, 4) is 11.1 Å². The molecule has 0 atom stereocenters. The number of hydrogen-bond donors (Lipinski definition) is 2. The highest BCUT2D eigenvalue weighted by Gasteiger charge is 2.12. The molecule has 140 valence electrons. The van der Waals surface area contributed by atoms with Crippen LogP contribution < -0.4 is 0 Å². The van der Waals surface area contributed by atoms with Crippen molar-refractivity contribution in [3.63, 3.8) is 0 Å². The van der Waals surface area contributed by atoms with Crippen molar-refractivity contribution in [3.05, 3.63) is 83.4 Å². The summed E-state index contributed by atoms with van der Waals surface area (Å²) in [4.78, 5) is 30.7. The zero-order valence-electron chi connectivity index (χ0n) is 13.9. The molecule has 0 spiro atoms. The smallest absolute Gasteiger partial charge is 0.335 e. The SMILES string of the molecule is Cl.Cl.O=C(O)c1cc(Cc2cc(-c3ccncc3)ccn2)cc(C(=O)O)c1. The number of carbonyl (C=O) groups is 2. The van der Waals surface area contributed by atoms with Crippen LogP contribution in [-0.2, 0) is 6.42 Å². The van der Waals surface area contributed by atoms with Gasteiger partial charge >= 0.3 is 11.9 Å². The Morgan fingerprint density at radius 1 is 0.778 bits per heavy atom. The molecular formula is C19H16Cl2N2O4. The molecule has 2 heterocycles. The molecule has 27 heavy (non-hydrogen) atoms. The minimum Gasteiger partial charge on any atom is -0.478 e. The van der Waals surface area contributed by atoms with Crippen LogP contribution in [0.25, 0.3) is 11.1 Å². The first-order valence-corrected chi connectivity index (χ1v) is 7.49. The van der Waals surface area contributed by atoms with Crippen LogP contribution in [0.3, 0.4) is 0 Å². The third kappa shape index (κ3) is 5.51. The van der Waals surface area contributed by atoms with E-state index in [9.17, 15) is 9.59 Å². The summed E-state index contributed by atoms with van der Waals surface area (Å²) in [7, 11) is 0. The monoisotopic (exact) mass is 406 g/mol. The second-order valence-corrected chi connectivity index (χ2v) is 5.48. The summed E-state index contributed by atoms with van der Waals surface area (Å²) >= 11 is 0. The van der Waals surface area contributed by atoms with Crippen molar-refractivity contribution in [2.24, 2.45) is 0 Å². The number of pyridine rings is 2. The van der Waals surface area contributed by atoms with Gasteiger partial charge in [0.05, 0.1) is 11.1 Å². The topological polar surface area (TPSA) is 100 Å². The molecule has 0 saturated heterocycles. The van der Waals surface area contributed by atoms with Crippen LogP contribution >= 0.6 is 24.8 Å². The maximum absolute atomic E-state index is 11.2. The number of hydrogen-bond acceptors (Lipinski definition) is 4. The zero-order valence-corrected chi connectivity index (χ0v) is 15.5. The average Bonchev–Trinajstić information content (AvgIpc) is 2.62. The van der Waals surface area contributed by atoms with Crippen molar-refractivity contribution < 1.29 is 19.8 Å². The Morgan fingerprint density at radius 3 is 1.89 bits per heavy atom. The second-order valence-electron chi connectivity index (χ2n) is 5.48. The van der Waals surface area contributed by atoms with Crippen LogP contribution in [0, 0.1) is 0 Å². The van der Waals surface area contributed by atoms with Crippen LogP contribution in [0.4, 0.5) is 0 Å². The summed E-state index contributed by atoms with van der Waals surface area (Å²) in [6, 6.07) is 11.6. The van der Waals surface area contributed by atoms with Crippen molar-refractivity contribution in [1.82, 2.24) is 9.97 Å². The third-order valence-electron chi connectivity index (χ3n) is 3.70. The molecule has 1 aromatic carbocycles. The molecule has 0 fully saturated rings. The fourth-order valence-corrected chi connectivity index (χ4v) is 2.55. The normalized spacial score (nSPS) is 9.63. The number of carboxylic acids is 2. The fraction of sp³-hybridized carbons (Fsp3) is 0.0526. The summed E-state index contributed by atoms with van der Waals surface area (Å²) in [6.07, 6.45) is 5.40. The van der Waals surface area contributed by atoms with Gasteiger partial charge in [-0.15, -0.1) is 24.8 Å². The first-order chi connectivity index (χ1) is 12.0. The minimum atomic E-state index is -1.16. The maximum Gasteiger partial charge on any atom is 0.335 e. The lowest BCUT2D eigenvalue weighted by Crippen LogP contribution is -2.05. The Labute approximate surface area is 167 Å². The standard InChI is InChI=1S/C19H14N2O4.2ClH/c22-18(23)15-7-12(8-16(10-15)19(24)25)9-17-11-14(3-6-21-17)13-1-4-20-5-2-13;;/h1-8,10-11H,9H2,(H,22,23)(H,24,25);2*1H. The third-order valence-corrected chi connectivity index (χ3v) is 3.70. The van der Waals surface area contributed by atoms with Crippen LogP contribution in [0.5, 0.6) is 0 Å². The molecule has 0 bridgehead atoms. The second kappa shape index (κ2) is 9.66. The summed E-state index contributed by atoms with van der Waals surface area (Å²) in [5.41, 5.74) is 3.13. The number of aromatic carboxylic acids is 2. The van der Waals surface area contributed by atoms with E-state index in [4.69, 9.17) is 10.2 Å². The Kier molecular flexibility index (Phi) is 7.90. The molecule has 2 aromatic heterocycles. The average molecular weight is 407 g/mol. The summed E-state index contributed by atoms with van der Waals surface area (Å²) < 4.78 is 0.